The highest BCUT2D eigenvalue weighted by Crippen LogP contribution is 2.45. The lowest BCUT2D eigenvalue weighted by Gasteiger charge is -2.21. The summed E-state index contributed by atoms with van der Waals surface area (Å²) in [5.74, 6) is 0.315. The molecule has 0 saturated carbocycles. The molecule has 0 aromatic heterocycles. The first-order valence-corrected chi connectivity index (χ1v) is 7.42. The van der Waals surface area contributed by atoms with Gasteiger partial charge in [-0.2, -0.15) is 0 Å². The summed E-state index contributed by atoms with van der Waals surface area (Å²) in [6.45, 7) is 4.07. The quantitative estimate of drug-likeness (QED) is 0.520. The molecule has 0 aliphatic heterocycles. The predicted molar refractivity (Wildman–Crippen MR) is 83.2 cm³/mol. The Morgan fingerprint density at radius 1 is 0.944 bits per heavy atom. The summed E-state index contributed by atoms with van der Waals surface area (Å²) in [7, 11) is 0. The van der Waals surface area contributed by atoms with E-state index in [1.54, 1.807) is 18.2 Å². The van der Waals surface area contributed by atoms with Gasteiger partial charge in [-0.1, -0.05) is 95.6 Å². The number of rotatable bonds is 2. The molecule has 1 radical (unpaired) electrons. The van der Waals surface area contributed by atoms with Crippen LogP contribution in [0.3, 0.4) is 0 Å². The maximum atomic E-state index is 5.95. The van der Waals surface area contributed by atoms with Crippen molar-refractivity contribution < 1.29 is 0 Å². The zero-order chi connectivity index (χ0) is 14.1. The highest BCUT2D eigenvalue weighted by atomic mass is 35.6. The van der Waals surface area contributed by atoms with Crippen LogP contribution in [0.2, 0.25) is 0 Å². The summed E-state index contributed by atoms with van der Waals surface area (Å²) in [4.78, 5) is 0. The lowest BCUT2D eigenvalue weighted by atomic mass is 9.97. The van der Waals surface area contributed by atoms with Crippen LogP contribution < -0.4 is 0 Å². The van der Waals surface area contributed by atoms with Crippen LogP contribution >= 0.6 is 69.6 Å². The number of benzene rings is 1. The number of hydrogen-bond acceptors (Lipinski definition) is 0. The average molecular weight is 368 g/mol. The monoisotopic (exact) mass is 365 g/mol. The second-order valence-corrected chi connectivity index (χ2v) is 8.77. The van der Waals surface area contributed by atoms with Gasteiger partial charge in [0, 0.05) is 11.1 Å². The molecule has 0 amide bonds. The van der Waals surface area contributed by atoms with Crippen LogP contribution in [0.5, 0.6) is 0 Å². The van der Waals surface area contributed by atoms with Crippen LogP contribution in [0.25, 0.3) is 0 Å². The van der Waals surface area contributed by atoms with Gasteiger partial charge in [-0.15, -0.1) is 0 Å². The third kappa shape index (κ3) is 4.81. The number of halogens is 6. The van der Waals surface area contributed by atoms with Crippen LogP contribution in [-0.2, 0) is 7.59 Å². The smallest absolute Gasteiger partial charge is 0.0784 e. The first-order chi connectivity index (χ1) is 8.01. The molecule has 1 rings (SSSR count). The van der Waals surface area contributed by atoms with Gasteiger partial charge in [-0.25, -0.2) is 0 Å². The molecule has 101 valence electrons. The van der Waals surface area contributed by atoms with E-state index >= 15 is 0 Å². The third-order valence-corrected chi connectivity index (χ3v) is 3.46. The van der Waals surface area contributed by atoms with Gasteiger partial charge >= 0.3 is 0 Å². The lowest BCUT2D eigenvalue weighted by molar-refractivity contribution is 0.772. The minimum absolute atomic E-state index is 0.315. The number of hydrogen-bond donors (Lipinski definition) is 0. The van der Waals surface area contributed by atoms with Gasteiger partial charge in [-0.3, -0.25) is 0 Å². The molecule has 0 nitrogen and oxygen atoms in total. The van der Waals surface area contributed by atoms with E-state index < -0.39 is 7.59 Å². The molecule has 0 N–H and O–H groups in total. The average Bonchev–Trinajstić information content (AvgIpc) is 2.13. The van der Waals surface area contributed by atoms with Crippen molar-refractivity contribution in [3.63, 3.8) is 0 Å². The Balaban J connectivity index is 3.30. The van der Waals surface area contributed by atoms with Gasteiger partial charge in [0.2, 0.25) is 7.59 Å². The molecule has 0 aliphatic carbocycles. The van der Waals surface area contributed by atoms with Crippen molar-refractivity contribution in [1.82, 2.24) is 0 Å². The van der Waals surface area contributed by atoms with Crippen LogP contribution in [0.1, 0.15) is 30.5 Å². The normalized spacial score (nSPS) is 13.2. The molecule has 0 unspecified atom stereocenters. The Hall–Kier alpha value is 0.960. The lowest BCUT2D eigenvalue weighted by Crippen LogP contribution is -2.10. The fraction of sp³-hybridized carbons (Fsp3) is 0.417. The molecule has 0 saturated heterocycles. The summed E-state index contributed by atoms with van der Waals surface area (Å²) < 4.78 is -3.10. The first kappa shape index (κ1) is 17.0. The molecule has 0 bridgehead atoms. The van der Waals surface area contributed by atoms with E-state index in [1.165, 1.54) is 0 Å². The summed E-state index contributed by atoms with van der Waals surface area (Å²) in [6, 6.07) is 5.10. The van der Waals surface area contributed by atoms with Crippen LogP contribution in [0.15, 0.2) is 18.2 Å². The molecule has 0 aliphatic rings. The fourth-order valence-electron chi connectivity index (χ4n) is 1.48. The van der Waals surface area contributed by atoms with Crippen molar-refractivity contribution in [2.24, 2.45) is 5.92 Å². The fourth-order valence-corrected chi connectivity index (χ4v) is 2.33. The first-order valence-electron chi connectivity index (χ1n) is 5.15. The summed E-state index contributed by atoms with van der Waals surface area (Å²) in [6.07, 6.45) is 1.99. The van der Waals surface area contributed by atoms with Gasteiger partial charge < -0.3 is 0 Å². The van der Waals surface area contributed by atoms with E-state index in [-0.39, 0.29) is 0 Å². The highest BCUT2D eigenvalue weighted by Gasteiger charge is 2.30. The maximum absolute atomic E-state index is 5.95. The summed E-state index contributed by atoms with van der Waals surface area (Å²) in [5, 5.41) is 0. The molecule has 0 atom stereocenters. The van der Waals surface area contributed by atoms with Gasteiger partial charge in [0.25, 0.3) is 0 Å². The Morgan fingerprint density at radius 3 is 1.89 bits per heavy atom. The van der Waals surface area contributed by atoms with Crippen LogP contribution in [-0.4, -0.2) is 0 Å². The topological polar surface area (TPSA) is 0 Å². The van der Waals surface area contributed by atoms with E-state index in [0.717, 1.165) is 5.56 Å². The van der Waals surface area contributed by atoms with E-state index in [1.807, 2.05) is 20.3 Å². The molecule has 0 spiro atoms. The van der Waals surface area contributed by atoms with Crippen molar-refractivity contribution >= 4 is 69.6 Å². The van der Waals surface area contributed by atoms with Gasteiger partial charge in [-0.05, 0) is 24.0 Å². The molecule has 18 heavy (non-hydrogen) atoms. The standard InChI is InChI=1S/C12H11Cl6/c1-7(2)5-8-3-4-9(11(13,14)15)6-10(8)12(16,17)18/h3-7H,1-2H3. The zero-order valence-electron chi connectivity index (χ0n) is 9.65. The summed E-state index contributed by atoms with van der Waals surface area (Å²) in [5.41, 5.74) is 1.79. The van der Waals surface area contributed by atoms with E-state index in [2.05, 4.69) is 0 Å². The SMILES string of the molecule is CC(C)[CH]c1ccc(C(Cl)(Cl)Cl)cc1C(Cl)(Cl)Cl. The summed E-state index contributed by atoms with van der Waals surface area (Å²) >= 11 is 35.3. The predicted octanol–water partition coefficient (Wildman–Crippen LogP) is 6.55. The van der Waals surface area contributed by atoms with Gasteiger partial charge in [0.15, 0.2) is 0 Å². The highest BCUT2D eigenvalue weighted by molar-refractivity contribution is 6.67. The minimum Gasteiger partial charge on any atom is -0.0784 e. The minimum atomic E-state index is -1.56. The van der Waals surface area contributed by atoms with E-state index in [0.29, 0.717) is 17.0 Å². The van der Waals surface area contributed by atoms with Crippen molar-refractivity contribution in [1.29, 1.82) is 0 Å². The molecule has 0 heterocycles. The van der Waals surface area contributed by atoms with Crippen LogP contribution in [0, 0.1) is 12.3 Å². The zero-order valence-corrected chi connectivity index (χ0v) is 14.2. The Morgan fingerprint density at radius 2 is 1.50 bits per heavy atom. The largest absolute Gasteiger partial charge is 0.216 e. The van der Waals surface area contributed by atoms with Crippen molar-refractivity contribution in [3.8, 4) is 0 Å². The van der Waals surface area contributed by atoms with Crippen LogP contribution in [0.4, 0.5) is 0 Å². The maximum Gasteiger partial charge on any atom is 0.216 e. The van der Waals surface area contributed by atoms with E-state index in [9.17, 15) is 0 Å². The molecule has 1 aromatic rings. The molecular formula is C12H11Cl6. The Labute approximate surface area is 137 Å². The molecular weight excluding hydrogens is 357 g/mol. The van der Waals surface area contributed by atoms with Crippen molar-refractivity contribution in [2.45, 2.75) is 21.4 Å². The van der Waals surface area contributed by atoms with Crippen molar-refractivity contribution in [2.75, 3.05) is 0 Å². The molecule has 6 heteroatoms. The van der Waals surface area contributed by atoms with Gasteiger partial charge in [0.1, 0.15) is 0 Å². The second-order valence-electron chi connectivity index (χ2n) is 4.21. The third-order valence-electron chi connectivity index (χ3n) is 2.20. The Kier molecular flexibility index (Phi) is 5.82. The van der Waals surface area contributed by atoms with Crippen molar-refractivity contribution in [3.05, 3.63) is 41.3 Å². The molecule has 0 fully saturated rings. The number of alkyl halides is 6. The van der Waals surface area contributed by atoms with E-state index in [4.69, 9.17) is 69.6 Å². The second kappa shape index (κ2) is 6.16. The Bertz CT molecular complexity index is 414. The molecule has 1 aromatic carbocycles. The van der Waals surface area contributed by atoms with Gasteiger partial charge in [0.05, 0.1) is 0 Å².